The lowest BCUT2D eigenvalue weighted by Gasteiger charge is -2.27. The second kappa shape index (κ2) is 7.54. The van der Waals surface area contributed by atoms with Crippen molar-refractivity contribution in [3.05, 3.63) is 12.7 Å². The molecule has 0 saturated carbocycles. The third-order valence-electron chi connectivity index (χ3n) is 2.84. The van der Waals surface area contributed by atoms with Crippen LogP contribution in [-0.2, 0) is 19.1 Å². The van der Waals surface area contributed by atoms with E-state index >= 15 is 0 Å². The lowest BCUT2D eigenvalue weighted by atomic mass is 9.82. The number of hydrogen-bond acceptors (Lipinski definition) is 4. The summed E-state index contributed by atoms with van der Waals surface area (Å²) in [5, 5.41) is 0. The summed E-state index contributed by atoms with van der Waals surface area (Å²) in [6, 6.07) is 0. The first kappa shape index (κ1) is 16.2. The first-order valence-corrected chi connectivity index (χ1v) is 5.93. The predicted octanol–water partition coefficient (Wildman–Crippen LogP) is 2.09. The van der Waals surface area contributed by atoms with Crippen molar-refractivity contribution in [1.82, 2.24) is 0 Å². The molecule has 0 aliphatic rings. The minimum atomic E-state index is -1.28. The smallest absolute Gasteiger partial charge is 0.324 e. The van der Waals surface area contributed by atoms with Crippen molar-refractivity contribution in [3.63, 3.8) is 0 Å². The number of hydrogen-bond donors (Lipinski definition) is 0. The molecule has 0 N–H and O–H groups in total. The SMILES string of the molecule is C#CC(C)OC(=O)C(CC)(CC)C(=O)OCC=C. The second-order valence-electron chi connectivity index (χ2n) is 3.89. The van der Waals surface area contributed by atoms with Gasteiger partial charge in [-0.2, -0.15) is 0 Å². The molecule has 0 fully saturated rings. The molecule has 0 aromatic carbocycles. The molecule has 18 heavy (non-hydrogen) atoms. The van der Waals surface area contributed by atoms with Crippen molar-refractivity contribution in [2.75, 3.05) is 6.61 Å². The van der Waals surface area contributed by atoms with Crippen molar-refractivity contribution >= 4 is 11.9 Å². The normalized spacial score (nSPS) is 12.1. The van der Waals surface area contributed by atoms with Gasteiger partial charge in [0.1, 0.15) is 6.61 Å². The number of carbonyl (C=O) groups is 2. The van der Waals surface area contributed by atoms with Crippen LogP contribution in [0.25, 0.3) is 0 Å². The van der Waals surface area contributed by atoms with Crippen LogP contribution < -0.4 is 0 Å². The lowest BCUT2D eigenvalue weighted by Crippen LogP contribution is -2.42. The fourth-order valence-corrected chi connectivity index (χ4v) is 1.49. The Balaban J connectivity index is 5.01. The van der Waals surface area contributed by atoms with Gasteiger partial charge in [0.2, 0.25) is 0 Å². The Bertz CT molecular complexity index is 347. The molecular weight excluding hydrogens is 232 g/mol. The molecule has 100 valence electrons. The lowest BCUT2D eigenvalue weighted by molar-refractivity contribution is -0.174. The number of carbonyl (C=O) groups excluding carboxylic acids is 2. The van der Waals surface area contributed by atoms with Gasteiger partial charge in [0.05, 0.1) is 0 Å². The molecule has 4 nitrogen and oxygen atoms in total. The van der Waals surface area contributed by atoms with E-state index in [2.05, 4.69) is 12.5 Å². The Labute approximate surface area is 108 Å². The quantitative estimate of drug-likeness (QED) is 0.301. The van der Waals surface area contributed by atoms with Crippen LogP contribution in [0.1, 0.15) is 33.6 Å². The molecule has 1 atom stereocenters. The molecule has 0 aromatic heterocycles. The van der Waals surface area contributed by atoms with Crippen LogP contribution in [0.3, 0.4) is 0 Å². The van der Waals surface area contributed by atoms with Crippen molar-refractivity contribution in [3.8, 4) is 12.3 Å². The summed E-state index contributed by atoms with van der Waals surface area (Å²) in [7, 11) is 0. The molecule has 0 radical (unpaired) electrons. The average molecular weight is 252 g/mol. The van der Waals surface area contributed by atoms with Crippen LogP contribution in [-0.4, -0.2) is 24.6 Å². The summed E-state index contributed by atoms with van der Waals surface area (Å²) < 4.78 is 10.0. The van der Waals surface area contributed by atoms with Crippen LogP contribution in [0, 0.1) is 17.8 Å². The zero-order valence-corrected chi connectivity index (χ0v) is 11.2. The average Bonchev–Trinajstić information content (AvgIpc) is 2.38. The number of terminal acetylenes is 1. The van der Waals surface area contributed by atoms with Gasteiger partial charge in [-0.05, 0) is 19.8 Å². The Morgan fingerprint density at radius 1 is 1.39 bits per heavy atom. The van der Waals surface area contributed by atoms with E-state index in [9.17, 15) is 9.59 Å². The van der Waals surface area contributed by atoms with Crippen molar-refractivity contribution in [1.29, 1.82) is 0 Å². The molecule has 0 saturated heterocycles. The molecule has 0 amide bonds. The van der Waals surface area contributed by atoms with E-state index in [1.165, 1.54) is 6.08 Å². The van der Waals surface area contributed by atoms with Gasteiger partial charge in [-0.25, -0.2) is 0 Å². The van der Waals surface area contributed by atoms with Crippen LogP contribution in [0.2, 0.25) is 0 Å². The van der Waals surface area contributed by atoms with Gasteiger partial charge >= 0.3 is 11.9 Å². The van der Waals surface area contributed by atoms with Gasteiger partial charge in [-0.15, -0.1) is 6.42 Å². The molecule has 0 rings (SSSR count). The molecule has 0 aliphatic heterocycles. The van der Waals surface area contributed by atoms with Gasteiger partial charge < -0.3 is 9.47 Å². The number of ether oxygens (including phenoxy) is 2. The number of rotatable bonds is 7. The van der Waals surface area contributed by atoms with Crippen molar-refractivity contribution < 1.29 is 19.1 Å². The van der Waals surface area contributed by atoms with E-state index in [0.29, 0.717) is 12.8 Å². The third-order valence-corrected chi connectivity index (χ3v) is 2.84. The standard InChI is InChI=1S/C14H20O4/c1-6-10-17-12(15)14(8-3,9-4)13(16)18-11(5)7-2/h2,6,11H,1,8-10H2,3-5H3. The highest BCUT2D eigenvalue weighted by molar-refractivity contribution is 6.00. The van der Waals surface area contributed by atoms with Crippen molar-refractivity contribution in [2.24, 2.45) is 5.41 Å². The van der Waals surface area contributed by atoms with E-state index in [4.69, 9.17) is 15.9 Å². The van der Waals surface area contributed by atoms with E-state index in [1.54, 1.807) is 20.8 Å². The van der Waals surface area contributed by atoms with Crippen LogP contribution in [0.15, 0.2) is 12.7 Å². The van der Waals surface area contributed by atoms with Crippen LogP contribution in [0.5, 0.6) is 0 Å². The summed E-state index contributed by atoms with van der Waals surface area (Å²) >= 11 is 0. The Kier molecular flexibility index (Phi) is 6.81. The van der Waals surface area contributed by atoms with Gasteiger partial charge in [0.15, 0.2) is 11.5 Å². The highest BCUT2D eigenvalue weighted by Crippen LogP contribution is 2.30. The topological polar surface area (TPSA) is 52.6 Å². The zero-order chi connectivity index (χ0) is 14.2. The van der Waals surface area contributed by atoms with Crippen LogP contribution in [0.4, 0.5) is 0 Å². The largest absolute Gasteiger partial charge is 0.461 e. The van der Waals surface area contributed by atoms with Gasteiger partial charge in [0.25, 0.3) is 0 Å². The minimum Gasteiger partial charge on any atom is -0.461 e. The monoisotopic (exact) mass is 252 g/mol. The first-order valence-electron chi connectivity index (χ1n) is 5.93. The van der Waals surface area contributed by atoms with E-state index < -0.39 is 23.5 Å². The predicted molar refractivity (Wildman–Crippen MR) is 68.6 cm³/mol. The first-order chi connectivity index (χ1) is 8.48. The molecule has 0 aromatic rings. The fourth-order valence-electron chi connectivity index (χ4n) is 1.49. The third kappa shape index (κ3) is 3.63. The van der Waals surface area contributed by atoms with E-state index in [-0.39, 0.29) is 6.61 Å². The molecular formula is C14H20O4. The Morgan fingerprint density at radius 2 is 1.94 bits per heavy atom. The molecule has 1 unspecified atom stereocenters. The molecule has 0 spiro atoms. The maximum absolute atomic E-state index is 12.1. The second-order valence-corrected chi connectivity index (χ2v) is 3.89. The Morgan fingerprint density at radius 3 is 2.33 bits per heavy atom. The molecule has 0 heterocycles. The number of esters is 2. The van der Waals surface area contributed by atoms with Gasteiger partial charge in [0, 0.05) is 0 Å². The van der Waals surface area contributed by atoms with Gasteiger partial charge in [-0.3, -0.25) is 9.59 Å². The van der Waals surface area contributed by atoms with E-state index in [1.807, 2.05) is 0 Å². The van der Waals surface area contributed by atoms with Crippen LogP contribution >= 0.6 is 0 Å². The van der Waals surface area contributed by atoms with E-state index in [0.717, 1.165) is 0 Å². The summed E-state index contributed by atoms with van der Waals surface area (Å²) in [4.78, 5) is 24.0. The highest BCUT2D eigenvalue weighted by Gasteiger charge is 2.46. The zero-order valence-electron chi connectivity index (χ0n) is 11.2. The maximum atomic E-state index is 12.1. The summed E-state index contributed by atoms with van der Waals surface area (Å²) in [6.07, 6.45) is 6.53. The van der Waals surface area contributed by atoms with Crippen molar-refractivity contribution in [2.45, 2.75) is 39.7 Å². The minimum absolute atomic E-state index is 0.0680. The molecule has 4 heteroatoms. The maximum Gasteiger partial charge on any atom is 0.324 e. The summed E-state index contributed by atoms with van der Waals surface area (Å²) in [5.74, 6) is 1.06. The fraction of sp³-hybridized carbons (Fsp3) is 0.571. The summed E-state index contributed by atoms with van der Waals surface area (Å²) in [6.45, 7) is 8.57. The summed E-state index contributed by atoms with van der Waals surface area (Å²) in [5.41, 5.74) is -1.28. The Hall–Kier alpha value is -1.76. The molecule has 0 bridgehead atoms. The molecule has 0 aliphatic carbocycles. The van der Waals surface area contributed by atoms with Gasteiger partial charge in [-0.1, -0.05) is 32.4 Å². The highest BCUT2D eigenvalue weighted by atomic mass is 16.6.